The summed E-state index contributed by atoms with van der Waals surface area (Å²) in [5, 5.41) is 10.2. The number of unbranched alkanes of at least 4 members (excludes halogenated alkanes) is 1. The van der Waals surface area contributed by atoms with Crippen LogP contribution in [0.4, 0.5) is 0 Å². The third kappa shape index (κ3) is 5.85. The minimum absolute atomic E-state index is 0.0970. The Bertz CT molecular complexity index is 524. The van der Waals surface area contributed by atoms with Crippen molar-refractivity contribution in [3.05, 3.63) is 28.8 Å². The largest absolute Gasteiger partial charge is 0.508 e. The molecule has 3 heteroatoms. The molecule has 1 aromatic carbocycles. The fourth-order valence-corrected chi connectivity index (χ4v) is 2.89. The van der Waals surface area contributed by atoms with E-state index in [1.54, 1.807) is 0 Å². The summed E-state index contributed by atoms with van der Waals surface area (Å²) in [6.45, 7) is 15.4. The van der Waals surface area contributed by atoms with Crippen LogP contribution in [0.1, 0.15) is 84.4 Å². The van der Waals surface area contributed by atoms with Crippen LogP contribution in [0.25, 0.3) is 0 Å². The lowest BCUT2D eigenvalue weighted by atomic mass is 9.75. The van der Waals surface area contributed by atoms with E-state index in [1.165, 1.54) is 5.56 Å². The standard InChI is InChI=1S/C21H34O3/c1-8-9-12-24-19(23)11-10-16-17(20(2,3)4)13-15(22)14-18(16)21(5,6)7/h13-14,22H,8-12H2,1-7H3. The number of esters is 1. The van der Waals surface area contributed by atoms with Crippen molar-refractivity contribution in [3.8, 4) is 5.75 Å². The Hall–Kier alpha value is -1.51. The fourth-order valence-electron chi connectivity index (χ4n) is 2.89. The van der Waals surface area contributed by atoms with Gasteiger partial charge in [0.2, 0.25) is 0 Å². The smallest absolute Gasteiger partial charge is 0.306 e. The quantitative estimate of drug-likeness (QED) is 0.570. The third-order valence-corrected chi connectivity index (χ3v) is 4.19. The van der Waals surface area contributed by atoms with Gasteiger partial charge in [-0.3, -0.25) is 4.79 Å². The zero-order valence-corrected chi connectivity index (χ0v) is 16.5. The lowest BCUT2D eigenvalue weighted by Crippen LogP contribution is -2.22. The summed E-state index contributed by atoms with van der Waals surface area (Å²) in [7, 11) is 0. The van der Waals surface area contributed by atoms with Gasteiger partial charge in [-0.2, -0.15) is 0 Å². The average molecular weight is 335 g/mol. The lowest BCUT2D eigenvalue weighted by molar-refractivity contribution is -0.143. The molecule has 0 aromatic heterocycles. The molecular formula is C21H34O3. The van der Waals surface area contributed by atoms with Gasteiger partial charge in [0.05, 0.1) is 6.61 Å². The van der Waals surface area contributed by atoms with Crippen LogP contribution in [0, 0.1) is 0 Å². The van der Waals surface area contributed by atoms with E-state index in [1.807, 2.05) is 12.1 Å². The molecule has 0 aliphatic heterocycles. The maximum atomic E-state index is 12.0. The van der Waals surface area contributed by atoms with E-state index in [-0.39, 0.29) is 16.8 Å². The number of hydrogen-bond donors (Lipinski definition) is 1. The second kappa shape index (κ2) is 8.04. The molecule has 3 nitrogen and oxygen atoms in total. The summed E-state index contributed by atoms with van der Waals surface area (Å²) in [6, 6.07) is 3.68. The van der Waals surface area contributed by atoms with E-state index in [2.05, 4.69) is 48.5 Å². The zero-order valence-electron chi connectivity index (χ0n) is 16.5. The molecule has 0 radical (unpaired) electrons. The zero-order chi connectivity index (χ0) is 18.5. The highest BCUT2D eigenvalue weighted by Crippen LogP contribution is 2.37. The second-order valence-corrected chi connectivity index (χ2v) is 8.59. The first-order chi connectivity index (χ1) is 11.0. The fraction of sp³-hybridized carbons (Fsp3) is 0.667. The van der Waals surface area contributed by atoms with Gasteiger partial charge in [-0.1, -0.05) is 54.9 Å². The summed E-state index contributed by atoms with van der Waals surface area (Å²) in [5.41, 5.74) is 3.18. The van der Waals surface area contributed by atoms with Crippen LogP contribution < -0.4 is 0 Å². The minimum Gasteiger partial charge on any atom is -0.508 e. The monoisotopic (exact) mass is 334 g/mol. The Morgan fingerprint density at radius 1 is 1.04 bits per heavy atom. The SMILES string of the molecule is CCCCOC(=O)CCc1c(C(C)(C)C)cc(O)cc1C(C)(C)C. The Morgan fingerprint density at radius 3 is 1.96 bits per heavy atom. The van der Waals surface area contributed by atoms with Crippen molar-refractivity contribution in [2.45, 2.75) is 85.0 Å². The van der Waals surface area contributed by atoms with Gasteiger partial charge in [0.15, 0.2) is 0 Å². The van der Waals surface area contributed by atoms with Crippen LogP contribution in [0.3, 0.4) is 0 Å². The topological polar surface area (TPSA) is 46.5 Å². The molecule has 0 atom stereocenters. The van der Waals surface area contributed by atoms with Gasteiger partial charge in [0.1, 0.15) is 5.75 Å². The highest BCUT2D eigenvalue weighted by Gasteiger charge is 2.26. The molecule has 0 fully saturated rings. The van der Waals surface area contributed by atoms with Crippen LogP contribution in [-0.4, -0.2) is 17.7 Å². The van der Waals surface area contributed by atoms with Crippen LogP contribution in [-0.2, 0) is 26.8 Å². The van der Waals surface area contributed by atoms with Gasteiger partial charge in [-0.25, -0.2) is 0 Å². The lowest BCUT2D eigenvalue weighted by Gasteiger charge is -2.30. The number of benzene rings is 1. The van der Waals surface area contributed by atoms with Gasteiger partial charge in [-0.05, 0) is 52.5 Å². The molecule has 0 aliphatic carbocycles. The van der Waals surface area contributed by atoms with Crippen molar-refractivity contribution < 1.29 is 14.6 Å². The molecule has 0 aliphatic rings. The molecule has 0 heterocycles. The molecule has 0 bridgehead atoms. The number of ether oxygens (including phenoxy) is 1. The highest BCUT2D eigenvalue weighted by molar-refractivity contribution is 5.70. The van der Waals surface area contributed by atoms with Crippen LogP contribution >= 0.6 is 0 Å². The summed E-state index contributed by atoms with van der Waals surface area (Å²) in [5.74, 6) is 0.148. The van der Waals surface area contributed by atoms with E-state index in [0.29, 0.717) is 25.2 Å². The number of aromatic hydroxyl groups is 1. The van der Waals surface area contributed by atoms with Crippen LogP contribution in [0.5, 0.6) is 5.75 Å². The number of phenolic OH excluding ortho intramolecular Hbond substituents is 1. The average Bonchev–Trinajstić information content (AvgIpc) is 2.43. The van der Waals surface area contributed by atoms with E-state index in [9.17, 15) is 9.90 Å². The molecular weight excluding hydrogens is 300 g/mol. The van der Waals surface area contributed by atoms with E-state index in [0.717, 1.165) is 24.0 Å². The summed E-state index contributed by atoms with van der Waals surface area (Å²) < 4.78 is 5.29. The van der Waals surface area contributed by atoms with E-state index in [4.69, 9.17) is 4.74 Å². The maximum Gasteiger partial charge on any atom is 0.306 e. The number of carbonyl (C=O) groups is 1. The van der Waals surface area contributed by atoms with Crippen molar-refractivity contribution in [1.29, 1.82) is 0 Å². The van der Waals surface area contributed by atoms with Gasteiger partial charge in [-0.15, -0.1) is 0 Å². The van der Waals surface area contributed by atoms with E-state index >= 15 is 0 Å². The Balaban J connectivity index is 3.12. The Labute approximate surface area is 147 Å². The Morgan fingerprint density at radius 2 is 1.54 bits per heavy atom. The van der Waals surface area contributed by atoms with Crippen LogP contribution in [0.2, 0.25) is 0 Å². The second-order valence-electron chi connectivity index (χ2n) is 8.59. The normalized spacial score (nSPS) is 12.3. The summed E-state index contributed by atoms with van der Waals surface area (Å²) in [4.78, 5) is 12.0. The van der Waals surface area contributed by atoms with Crippen molar-refractivity contribution in [2.24, 2.45) is 0 Å². The van der Waals surface area contributed by atoms with E-state index < -0.39 is 0 Å². The number of phenols is 1. The minimum atomic E-state index is -0.142. The summed E-state index contributed by atoms with van der Waals surface area (Å²) in [6.07, 6.45) is 2.95. The van der Waals surface area contributed by atoms with Crippen molar-refractivity contribution in [1.82, 2.24) is 0 Å². The predicted molar refractivity (Wildman–Crippen MR) is 99.7 cm³/mol. The molecule has 136 valence electrons. The van der Waals surface area contributed by atoms with Crippen molar-refractivity contribution in [3.63, 3.8) is 0 Å². The van der Waals surface area contributed by atoms with Crippen molar-refractivity contribution in [2.75, 3.05) is 6.61 Å². The molecule has 1 aromatic rings. The summed E-state index contributed by atoms with van der Waals surface area (Å²) >= 11 is 0. The maximum absolute atomic E-state index is 12.0. The molecule has 0 unspecified atom stereocenters. The predicted octanol–water partition coefficient (Wildman–Crippen LogP) is 5.26. The third-order valence-electron chi connectivity index (χ3n) is 4.19. The molecule has 24 heavy (non-hydrogen) atoms. The molecule has 0 saturated carbocycles. The van der Waals surface area contributed by atoms with Crippen LogP contribution in [0.15, 0.2) is 12.1 Å². The van der Waals surface area contributed by atoms with Gasteiger partial charge < -0.3 is 9.84 Å². The van der Waals surface area contributed by atoms with Gasteiger partial charge in [0, 0.05) is 6.42 Å². The number of carbonyl (C=O) groups excluding carboxylic acids is 1. The molecule has 1 N–H and O–H groups in total. The first-order valence-corrected chi connectivity index (χ1v) is 8.99. The highest BCUT2D eigenvalue weighted by atomic mass is 16.5. The van der Waals surface area contributed by atoms with Gasteiger partial charge >= 0.3 is 5.97 Å². The Kier molecular flexibility index (Phi) is 6.88. The first-order valence-electron chi connectivity index (χ1n) is 8.99. The first kappa shape index (κ1) is 20.5. The number of hydrogen-bond acceptors (Lipinski definition) is 3. The molecule has 0 saturated heterocycles. The molecule has 1 rings (SSSR count). The van der Waals surface area contributed by atoms with Crippen molar-refractivity contribution >= 4 is 5.97 Å². The molecule has 0 amide bonds. The molecule has 0 spiro atoms. The van der Waals surface area contributed by atoms with Gasteiger partial charge in [0.25, 0.3) is 0 Å². The number of rotatable bonds is 6.